The smallest absolute Gasteiger partial charge is 0.462 e. The summed E-state index contributed by atoms with van der Waals surface area (Å²) in [5.41, 5.74) is 5.36. The number of nitrogens with two attached hydrogens (primary N) is 1. The number of phosphoric acid groups is 1. The average Bonchev–Trinajstić information content (AvgIpc) is 3.20. The van der Waals surface area contributed by atoms with Crippen molar-refractivity contribution in [3.05, 3.63) is 12.2 Å². The Morgan fingerprint density at radius 2 is 0.860 bits per heavy atom. The number of ether oxygens (including phenoxy) is 2. The molecule has 3 N–H and O–H groups in total. The largest absolute Gasteiger partial charge is 0.472 e. The lowest BCUT2D eigenvalue weighted by atomic mass is 10.0. The summed E-state index contributed by atoms with van der Waals surface area (Å²) in [5.74, 6) is -0.819. The predicted octanol–water partition coefficient (Wildman–Crippen LogP) is 14.2. The van der Waals surface area contributed by atoms with Gasteiger partial charge in [0.05, 0.1) is 13.2 Å². The highest BCUT2D eigenvalue weighted by Gasteiger charge is 2.26. The highest BCUT2D eigenvalue weighted by atomic mass is 31.2. The Labute approximate surface area is 351 Å². The molecule has 0 rings (SSSR count). The van der Waals surface area contributed by atoms with Crippen molar-refractivity contribution in [2.75, 3.05) is 26.4 Å². The molecule has 0 spiro atoms. The fourth-order valence-electron chi connectivity index (χ4n) is 7.04. The van der Waals surface area contributed by atoms with E-state index in [4.69, 9.17) is 24.3 Å². The Morgan fingerprint density at radius 1 is 0.509 bits per heavy atom. The topological polar surface area (TPSA) is 134 Å². The van der Waals surface area contributed by atoms with E-state index in [1.165, 1.54) is 167 Å². The van der Waals surface area contributed by atoms with E-state index in [9.17, 15) is 19.0 Å². The number of carbonyl (C=O) groups is 2. The van der Waals surface area contributed by atoms with Crippen LogP contribution in [0.3, 0.4) is 0 Å². The third-order valence-corrected chi connectivity index (χ3v) is 11.6. The van der Waals surface area contributed by atoms with Crippen LogP contribution in [-0.2, 0) is 32.7 Å². The molecule has 0 bridgehead atoms. The molecule has 0 heterocycles. The van der Waals surface area contributed by atoms with Crippen LogP contribution < -0.4 is 5.73 Å². The van der Waals surface area contributed by atoms with Crippen LogP contribution in [0, 0.1) is 0 Å². The third-order valence-electron chi connectivity index (χ3n) is 10.7. The normalized spacial score (nSPS) is 13.3. The lowest BCUT2D eigenvalue weighted by molar-refractivity contribution is -0.161. The molecule has 2 atom stereocenters. The van der Waals surface area contributed by atoms with Crippen molar-refractivity contribution in [3.8, 4) is 0 Å². The SMILES string of the molecule is CCCCCCC=CCCCCCCCCCC(=O)OC(COC(=O)CCCCCCCCCCCCCCCCCCCCCCC)COP(=O)(O)OCCN. The highest BCUT2D eigenvalue weighted by molar-refractivity contribution is 7.47. The number of allylic oxidation sites excluding steroid dienone is 2. The van der Waals surface area contributed by atoms with Crippen LogP contribution in [0.25, 0.3) is 0 Å². The van der Waals surface area contributed by atoms with E-state index in [2.05, 4.69) is 26.0 Å². The Morgan fingerprint density at radius 3 is 1.26 bits per heavy atom. The second-order valence-electron chi connectivity index (χ2n) is 16.3. The molecule has 9 nitrogen and oxygen atoms in total. The van der Waals surface area contributed by atoms with Gasteiger partial charge in [-0.3, -0.25) is 18.6 Å². The van der Waals surface area contributed by atoms with Crippen LogP contribution in [-0.4, -0.2) is 49.3 Å². The zero-order chi connectivity index (χ0) is 41.8. The number of unbranched alkanes of at least 4 members (excludes halogenated alkanes) is 31. The van der Waals surface area contributed by atoms with Crippen molar-refractivity contribution in [1.29, 1.82) is 0 Å². The number of carbonyl (C=O) groups excluding carboxylic acids is 2. The molecule has 0 amide bonds. The Kier molecular flexibility index (Phi) is 43.3. The summed E-state index contributed by atoms with van der Waals surface area (Å²) in [4.78, 5) is 35.0. The quantitative estimate of drug-likeness (QED) is 0.0266. The fourth-order valence-corrected chi connectivity index (χ4v) is 7.81. The summed E-state index contributed by atoms with van der Waals surface area (Å²) >= 11 is 0. The zero-order valence-corrected chi connectivity index (χ0v) is 38.2. The first kappa shape index (κ1) is 55.8. The van der Waals surface area contributed by atoms with Crippen molar-refractivity contribution in [2.45, 2.75) is 251 Å². The Balaban J connectivity index is 4.02. The number of hydrogen-bond acceptors (Lipinski definition) is 8. The van der Waals surface area contributed by atoms with Gasteiger partial charge in [0.2, 0.25) is 0 Å². The average molecular weight is 830 g/mol. The van der Waals surface area contributed by atoms with E-state index in [0.29, 0.717) is 6.42 Å². The summed E-state index contributed by atoms with van der Waals surface area (Å²) in [6.45, 7) is 3.76. The molecule has 57 heavy (non-hydrogen) atoms. The van der Waals surface area contributed by atoms with Crippen LogP contribution in [0.1, 0.15) is 245 Å². The second kappa shape index (κ2) is 44.3. The van der Waals surface area contributed by atoms with E-state index in [0.717, 1.165) is 44.9 Å². The van der Waals surface area contributed by atoms with E-state index in [1.54, 1.807) is 0 Å². The van der Waals surface area contributed by atoms with Crippen LogP contribution in [0.2, 0.25) is 0 Å². The molecule has 0 aromatic rings. The van der Waals surface area contributed by atoms with Crippen molar-refractivity contribution in [3.63, 3.8) is 0 Å². The van der Waals surface area contributed by atoms with Gasteiger partial charge in [-0.2, -0.15) is 0 Å². The molecule has 0 aromatic heterocycles. The van der Waals surface area contributed by atoms with E-state index in [-0.39, 0.29) is 38.6 Å². The molecule has 0 fully saturated rings. The van der Waals surface area contributed by atoms with Gasteiger partial charge < -0.3 is 20.1 Å². The summed E-state index contributed by atoms with van der Waals surface area (Å²) in [7, 11) is -4.37. The zero-order valence-electron chi connectivity index (χ0n) is 37.3. The second-order valence-corrected chi connectivity index (χ2v) is 17.8. The maximum atomic E-state index is 12.6. The molecule has 0 saturated heterocycles. The lowest BCUT2D eigenvalue weighted by Crippen LogP contribution is -2.29. The van der Waals surface area contributed by atoms with E-state index in [1.807, 2.05) is 0 Å². The Bertz CT molecular complexity index is 948. The molecule has 0 aromatic carbocycles. The minimum Gasteiger partial charge on any atom is -0.462 e. The van der Waals surface area contributed by atoms with Crippen LogP contribution in [0.15, 0.2) is 12.2 Å². The first-order valence-electron chi connectivity index (χ1n) is 24.2. The molecular formula is C47H92NO8P. The van der Waals surface area contributed by atoms with Crippen molar-refractivity contribution in [2.24, 2.45) is 5.73 Å². The molecular weight excluding hydrogens is 737 g/mol. The highest BCUT2D eigenvalue weighted by Crippen LogP contribution is 2.43. The number of rotatable bonds is 46. The monoisotopic (exact) mass is 830 g/mol. The van der Waals surface area contributed by atoms with Crippen molar-refractivity contribution < 1.29 is 37.6 Å². The van der Waals surface area contributed by atoms with Gasteiger partial charge in [0.1, 0.15) is 6.61 Å². The predicted molar refractivity (Wildman–Crippen MR) is 238 cm³/mol. The van der Waals surface area contributed by atoms with Crippen molar-refractivity contribution >= 4 is 19.8 Å². The minimum atomic E-state index is -4.37. The van der Waals surface area contributed by atoms with E-state index >= 15 is 0 Å². The van der Waals surface area contributed by atoms with Gasteiger partial charge in [-0.15, -0.1) is 0 Å². The first-order chi connectivity index (χ1) is 27.8. The molecule has 0 aliphatic heterocycles. The number of hydrogen-bond donors (Lipinski definition) is 2. The molecule has 338 valence electrons. The third kappa shape index (κ3) is 44.1. The maximum absolute atomic E-state index is 12.6. The summed E-state index contributed by atoms with van der Waals surface area (Å²) in [6.07, 6.45) is 46.7. The summed E-state index contributed by atoms with van der Waals surface area (Å²) in [5, 5.41) is 0. The van der Waals surface area contributed by atoms with Crippen LogP contribution in [0.5, 0.6) is 0 Å². The van der Waals surface area contributed by atoms with Crippen molar-refractivity contribution in [1.82, 2.24) is 0 Å². The van der Waals surface area contributed by atoms with E-state index < -0.39 is 26.5 Å². The summed E-state index contributed by atoms with van der Waals surface area (Å²) in [6, 6.07) is 0. The van der Waals surface area contributed by atoms with Gasteiger partial charge in [0, 0.05) is 19.4 Å². The fraction of sp³-hybridized carbons (Fsp3) is 0.915. The van der Waals surface area contributed by atoms with Gasteiger partial charge in [-0.05, 0) is 38.5 Å². The molecule has 0 aliphatic rings. The number of phosphoric ester groups is 1. The van der Waals surface area contributed by atoms with Crippen LogP contribution in [0.4, 0.5) is 0 Å². The standard InChI is InChI=1S/C47H92NO8P/c1-3-5-7-9-11-13-15-17-19-20-21-22-23-24-26-27-29-31-33-35-37-39-46(49)53-43-45(44-55-57(51,52)54-42-41-48)56-47(50)40-38-36-34-32-30-28-25-18-16-14-12-10-8-6-4-2/h14,16,45H,3-13,15,17-44,48H2,1-2H3,(H,51,52). The van der Waals surface area contributed by atoms with Crippen LogP contribution >= 0.6 is 7.82 Å². The number of esters is 2. The molecule has 0 aliphatic carbocycles. The molecule has 0 saturated carbocycles. The van der Waals surface area contributed by atoms with Gasteiger partial charge in [0.15, 0.2) is 6.10 Å². The minimum absolute atomic E-state index is 0.0556. The molecule has 0 radical (unpaired) electrons. The van der Waals surface area contributed by atoms with Gasteiger partial charge in [-0.1, -0.05) is 206 Å². The molecule has 2 unspecified atom stereocenters. The Hall–Kier alpha value is -1.25. The first-order valence-corrected chi connectivity index (χ1v) is 25.7. The lowest BCUT2D eigenvalue weighted by Gasteiger charge is -2.19. The van der Waals surface area contributed by atoms with Gasteiger partial charge >= 0.3 is 19.8 Å². The molecule has 10 heteroatoms. The van der Waals surface area contributed by atoms with Gasteiger partial charge in [0.25, 0.3) is 0 Å². The summed E-state index contributed by atoms with van der Waals surface area (Å²) < 4.78 is 32.9. The maximum Gasteiger partial charge on any atom is 0.472 e. The van der Waals surface area contributed by atoms with Gasteiger partial charge in [-0.25, -0.2) is 4.57 Å².